The lowest BCUT2D eigenvalue weighted by atomic mass is 9.85. The van der Waals surface area contributed by atoms with Crippen molar-refractivity contribution in [2.24, 2.45) is 23.7 Å². The number of amides is 1. The molecule has 4 atom stereocenters. The standard InChI is InChI=1S/C12H19NO2/c14-6-10-8-3-4-9(5-8)11(10)13-12(15)7-1-2-7/h7-11,14H,1-6H2,(H,13,15). The van der Waals surface area contributed by atoms with Crippen molar-refractivity contribution >= 4 is 5.91 Å². The number of carbonyl (C=O) groups excluding carboxylic acids is 1. The number of aliphatic hydroxyl groups excluding tert-OH is 1. The lowest BCUT2D eigenvalue weighted by Crippen LogP contribution is -2.45. The highest BCUT2D eigenvalue weighted by molar-refractivity contribution is 5.81. The van der Waals surface area contributed by atoms with Gasteiger partial charge in [0, 0.05) is 24.5 Å². The first-order valence-electron chi connectivity index (χ1n) is 6.21. The summed E-state index contributed by atoms with van der Waals surface area (Å²) >= 11 is 0. The first-order chi connectivity index (χ1) is 7.29. The summed E-state index contributed by atoms with van der Waals surface area (Å²) in [7, 11) is 0. The van der Waals surface area contributed by atoms with Crippen LogP contribution in [0.2, 0.25) is 0 Å². The van der Waals surface area contributed by atoms with Gasteiger partial charge in [-0.15, -0.1) is 0 Å². The van der Waals surface area contributed by atoms with Crippen LogP contribution >= 0.6 is 0 Å². The van der Waals surface area contributed by atoms with E-state index in [-0.39, 0.29) is 18.6 Å². The Morgan fingerprint density at radius 2 is 1.93 bits per heavy atom. The predicted molar refractivity (Wildman–Crippen MR) is 56.1 cm³/mol. The van der Waals surface area contributed by atoms with Crippen LogP contribution in [-0.4, -0.2) is 23.7 Å². The number of fused-ring (bicyclic) bond motifs is 2. The molecule has 3 rings (SSSR count). The normalized spacial score (nSPS) is 43.3. The zero-order chi connectivity index (χ0) is 10.4. The van der Waals surface area contributed by atoms with E-state index in [1.54, 1.807) is 0 Å². The van der Waals surface area contributed by atoms with Gasteiger partial charge in [-0.1, -0.05) is 0 Å². The quantitative estimate of drug-likeness (QED) is 0.726. The Morgan fingerprint density at radius 3 is 2.60 bits per heavy atom. The summed E-state index contributed by atoms with van der Waals surface area (Å²) in [5.41, 5.74) is 0. The Bertz CT molecular complexity index is 275. The van der Waals surface area contributed by atoms with E-state index in [0.717, 1.165) is 12.8 Å². The first-order valence-corrected chi connectivity index (χ1v) is 6.21. The number of nitrogens with one attached hydrogen (secondary N) is 1. The molecule has 4 unspecified atom stereocenters. The number of hydrogen-bond donors (Lipinski definition) is 2. The van der Waals surface area contributed by atoms with Crippen molar-refractivity contribution in [1.29, 1.82) is 0 Å². The van der Waals surface area contributed by atoms with Crippen LogP contribution in [0.1, 0.15) is 32.1 Å². The van der Waals surface area contributed by atoms with Crippen molar-refractivity contribution in [2.75, 3.05) is 6.61 Å². The number of rotatable bonds is 3. The molecule has 3 heteroatoms. The van der Waals surface area contributed by atoms with Crippen LogP contribution in [0.3, 0.4) is 0 Å². The molecule has 15 heavy (non-hydrogen) atoms. The molecule has 0 saturated heterocycles. The maximum atomic E-state index is 11.7. The van der Waals surface area contributed by atoms with Crippen molar-refractivity contribution in [2.45, 2.75) is 38.1 Å². The Labute approximate surface area is 90.2 Å². The predicted octanol–water partition coefficient (Wildman–Crippen LogP) is 0.920. The molecule has 1 amide bonds. The van der Waals surface area contributed by atoms with Gasteiger partial charge >= 0.3 is 0 Å². The Morgan fingerprint density at radius 1 is 1.20 bits per heavy atom. The van der Waals surface area contributed by atoms with Gasteiger partial charge in [-0.05, 0) is 43.9 Å². The average Bonchev–Trinajstić information content (AvgIpc) is 2.91. The van der Waals surface area contributed by atoms with E-state index >= 15 is 0 Å². The van der Waals surface area contributed by atoms with Gasteiger partial charge in [-0.25, -0.2) is 0 Å². The summed E-state index contributed by atoms with van der Waals surface area (Å²) < 4.78 is 0. The van der Waals surface area contributed by atoms with Crippen LogP contribution in [0, 0.1) is 23.7 Å². The zero-order valence-electron chi connectivity index (χ0n) is 8.98. The van der Waals surface area contributed by atoms with Crippen molar-refractivity contribution in [3.63, 3.8) is 0 Å². The summed E-state index contributed by atoms with van der Waals surface area (Å²) in [5.74, 6) is 2.19. The van der Waals surface area contributed by atoms with Crippen molar-refractivity contribution in [3.8, 4) is 0 Å². The summed E-state index contributed by atoms with van der Waals surface area (Å²) in [5, 5.41) is 12.5. The van der Waals surface area contributed by atoms with Gasteiger partial charge in [0.1, 0.15) is 0 Å². The molecule has 0 aromatic heterocycles. The van der Waals surface area contributed by atoms with E-state index in [4.69, 9.17) is 0 Å². The smallest absolute Gasteiger partial charge is 0.223 e. The van der Waals surface area contributed by atoms with Gasteiger partial charge in [0.25, 0.3) is 0 Å². The van der Waals surface area contributed by atoms with Gasteiger partial charge in [-0.3, -0.25) is 4.79 Å². The summed E-state index contributed by atoms with van der Waals surface area (Å²) in [6.45, 7) is 0.247. The van der Waals surface area contributed by atoms with E-state index in [0.29, 0.717) is 23.7 Å². The van der Waals surface area contributed by atoms with E-state index in [1.165, 1.54) is 19.3 Å². The highest BCUT2D eigenvalue weighted by atomic mass is 16.3. The van der Waals surface area contributed by atoms with E-state index < -0.39 is 0 Å². The Balaban J connectivity index is 1.66. The minimum atomic E-state index is 0.242. The molecule has 2 bridgehead atoms. The fourth-order valence-electron chi connectivity index (χ4n) is 3.53. The monoisotopic (exact) mass is 209 g/mol. The lowest BCUT2D eigenvalue weighted by molar-refractivity contribution is -0.123. The molecule has 3 saturated carbocycles. The molecule has 0 aromatic carbocycles. The zero-order valence-corrected chi connectivity index (χ0v) is 8.98. The number of aliphatic hydroxyl groups is 1. The molecule has 0 spiro atoms. The molecule has 0 radical (unpaired) electrons. The molecular formula is C12H19NO2. The largest absolute Gasteiger partial charge is 0.396 e. The summed E-state index contributed by atoms with van der Waals surface area (Å²) in [4.78, 5) is 11.7. The Hall–Kier alpha value is -0.570. The molecular weight excluding hydrogens is 190 g/mol. The molecule has 3 nitrogen and oxygen atoms in total. The maximum absolute atomic E-state index is 11.7. The topological polar surface area (TPSA) is 49.3 Å². The second-order valence-corrected chi connectivity index (χ2v) is 5.49. The third kappa shape index (κ3) is 1.57. The third-order valence-corrected chi connectivity index (χ3v) is 4.56. The molecule has 0 heterocycles. The number of hydrogen-bond acceptors (Lipinski definition) is 2. The highest BCUT2D eigenvalue weighted by Crippen LogP contribution is 2.48. The fourth-order valence-corrected chi connectivity index (χ4v) is 3.53. The SMILES string of the molecule is O=C(NC1C2CCC(C2)C1CO)C1CC1. The van der Waals surface area contributed by atoms with Crippen molar-refractivity contribution in [1.82, 2.24) is 5.32 Å². The van der Waals surface area contributed by atoms with Crippen LogP contribution in [-0.2, 0) is 4.79 Å². The van der Waals surface area contributed by atoms with Crippen LogP contribution < -0.4 is 5.32 Å². The maximum Gasteiger partial charge on any atom is 0.223 e. The molecule has 84 valence electrons. The molecule has 3 fully saturated rings. The second kappa shape index (κ2) is 3.48. The summed E-state index contributed by atoms with van der Waals surface area (Å²) in [6.07, 6.45) is 5.86. The van der Waals surface area contributed by atoms with Crippen LogP contribution in [0.5, 0.6) is 0 Å². The van der Waals surface area contributed by atoms with Crippen LogP contribution in [0.25, 0.3) is 0 Å². The van der Waals surface area contributed by atoms with E-state index in [1.807, 2.05) is 0 Å². The second-order valence-electron chi connectivity index (χ2n) is 5.49. The van der Waals surface area contributed by atoms with Crippen molar-refractivity contribution < 1.29 is 9.90 Å². The fraction of sp³-hybridized carbons (Fsp3) is 0.917. The van der Waals surface area contributed by atoms with Gasteiger partial charge in [-0.2, -0.15) is 0 Å². The minimum absolute atomic E-state index is 0.242. The van der Waals surface area contributed by atoms with E-state index in [9.17, 15) is 9.90 Å². The van der Waals surface area contributed by atoms with Gasteiger partial charge in [0.15, 0.2) is 0 Å². The van der Waals surface area contributed by atoms with Crippen LogP contribution in [0.4, 0.5) is 0 Å². The van der Waals surface area contributed by atoms with Crippen molar-refractivity contribution in [3.05, 3.63) is 0 Å². The molecule has 2 N–H and O–H groups in total. The molecule has 3 aliphatic rings. The van der Waals surface area contributed by atoms with Gasteiger partial charge < -0.3 is 10.4 Å². The highest BCUT2D eigenvalue weighted by Gasteiger charge is 2.48. The minimum Gasteiger partial charge on any atom is -0.396 e. The molecule has 0 aromatic rings. The summed E-state index contributed by atoms with van der Waals surface area (Å²) in [6, 6.07) is 0.279. The lowest BCUT2D eigenvalue weighted by Gasteiger charge is -2.30. The third-order valence-electron chi connectivity index (χ3n) is 4.56. The van der Waals surface area contributed by atoms with Gasteiger partial charge in [0.2, 0.25) is 5.91 Å². The molecule has 0 aliphatic heterocycles. The van der Waals surface area contributed by atoms with Gasteiger partial charge in [0.05, 0.1) is 0 Å². The first kappa shape index (κ1) is 9.64. The van der Waals surface area contributed by atoms with Crippen LogP contribution in [0.15, 0.2) is 0 Å². The molecule has 3 aliphatic carbocycles. The Kier molecular flexibility index (Phi) is 2.23. The van der Waals surface area contributed by atoms with E-state index in [2.05, 4.69) is 5.32 Å². The number of carbonyl (C=O) groups is 1. The average molecular weight is 209 g/mol.